The first-order chi connectivity index (χ1) is 10.4. The van der Waals surface area contributed by atoms with E-state index >= 15 is 0 Å². The van der Waals surface area contributed by atoms with Gasteiger partial charge >= 0.3 is 0 Å². The molecule has 0 spiro atoms. The zero-order valence-electron chi connectivity index (χ0n) is 12.2. The van der Waals surface area contributed by atoms with Crippen LogP contribution in [0, 0.1) is 5.92 Å². The smallest absolute Gasteiger partial charge is 0.116 e. The summed E-state index contributed by atoms with van der Waals surface area (Å²) >= 11 is 0. The number of furan rings is 1. The normalized spacial score (nSPS) is 33.5. The predicted molar refractivity (Wildman–Crippen MR) is 80.5 cm³/mol. The number of benzene rings is 1. The fourth-order valence-electron chi connectivity index (χ4n) is 4.79. The minimum Gasteiger partial charge on any atom is -0.468 e. The molecule has 21 heavy (non-hydrogen) atoms. The van der Waals surface area contributed by atoms with E-state index in [-0.39, 0.29) is 5.41 Å². The minimum atomic E-state index is 0.131. The fourth-order valence-corrected chi connectivity index (χ4v) is 4.79. The standard InChI is InChI=1S/C19H20O2/c1-2-6-13(7-3-1)17-16-11-20-12-19(16,17)18-15-9-5-4-8-14(15)10-21-18/h1-3,6-7,10,16-17H,4-5,8-9,11-12H2. The summed E-state index contributed by atoms with van der Waals surface area (Å²) in [7, 11) is 0. The Labute approximate surface area is 125 Å². The van der Waals surface area contributed by atoms with Gasteiger partial charge < -0.3 is 9.15 Å². The lowest BCUT2D eigenvalue weighted by molar-refractivity contribution is 0.150. The van der Waals surface area contributed by atoms with Crippen molar-refractivity contribution in [3.8, 4) is 0 Å². The molecular weight excluding hydrogens is 260 g/mol. The molecule has 5 rings (SSSR count). The molecule has 3 unspecified atom stereocenters. The molecule has 2 fully saturated rings. The maximum atomic E-state index is 6.12. The molecule has 2 aliphatic carbocycles. The van der Waals surface area contributed by atoms with Gasteiger partial charge in [0.15, 0.2) is 0 Å². The van der Waals surface area contributed by atoms with Crippen LogP contribution in [0.15, 0.2) is 41.0 Å². The van der Waals surface area contributed by atoms with E-state index in [2.05, 4.69) is 30.3 Å². The fraction of sp³-hybridized carbons (Fsp3) is 0.474. The van der Waals surface area contributed by atoms with E-state index in [1.54, 1.807) is 0 Å². The van der Waals surface area contributed by atoms with Gasteiger partial charge in [-0.3, -0.25) is 0 Å². The molecule has 1 saturated heterocycles. The van der Waals surface area contributed by atoms with Crippen LogP contribution < -0.4 is 0 Å². The van der Waals surface area contributed by atoms with Gasteiger partial charge in [-0.2, -0.15) is 0 Å². The highest BCUT2D eigenvalue weighted by molar-refractivity contribution is 5.49. The van der Waals surface area contributed by atoms with Crippen LogP contribution in [0.1, 0.15) is 41.2 Å². The second-order valence-corrected chi connectivity index (χ2v) is 6.83. The van der Waals surface area contributed by atoms with Crippen molar-refractivity contribution in [3.05, 3.63) is 59.0 Å². The van der Waals surface area contributed by atoms with Gasteiger partial charge in [-0.05, 0) is 42.4 Å². The maximum absolute atomic E-state index is 6.12. The highest BCUT2D eigenvalue weighted by atomic mass is 16.5. The number of ether oxygens (including phenoxy) is 1. The Morgan fingerprint density at radius 2 is 1.90 bits per heavy atom. The largest absolute Gasteiger partial charge is 0.468 e. The summed E-state index contributed by atoms with van der Waals surface area (Å²) in [5.41, 5.74) is 4.55. The summed E-state index contributed by atoms with van der Waals surface area (Å²) in [5, 5.41) is 0. The number of fused-ring (bicyclic) bond motifs is 2. The van der Waals surface area contributed by atoms with Gasteiger partial charge in [0, 0.05) is 11.8 Å². The van der Waals surface area contributed by atoms with E-state index in [0.717, 1.165) is 13.2 Å². The van der Waals surface area contributed by atoms with E-state index in [1.165, 1.54) is 48.1 Å². The average Bonchev–Trinajstić information content (AvgIpc) is 2.89. The van der Waals surface area contributed by atoms with Gasteiger partial charge in [-0.25, -0.2) is 0 Å². The number of rotatable bonds is 2. The lowest BCUT2D eigenvalue weighted by Crippen LogP contribution is -2.17. The van der Waals surface area contributed by atoms with Gasteiger partial charge in [0.2, 0.25) is 0 Å². The van der Waals surface area contributed by atoms with Crippen molar-refractivity contribution in [2.24, 2.45) is 5.92 Å². The monoisotopic (exact) mass is 280 g/mol. The molecule has 0 bridgehead atoms. The van der Waals surface area contributed by atoms with Gasteiger partial charge in [-0.15, -0.1) is 0 Å². The zero-order chi connectivity index (χ0) is 13.9. The molecule has 0 amide bonds. The number of hydrogen-bond acceptors (Lipinski definition) is 2. The summed E-state index contributed by atoms with van der Waals surface area (Å²) < 4.78 is 11.9. The molecule has 108 valence electrons. The maximum Gasteiger partial charge on any atom is 0.116 e. The third-order valence-electron chi connectivity index (χ3n) is 5.83. The van der Waals surface area contributed by atoms with Crippen LogP contribution in [0.2, 0.25) is 0 Å². The summed E-state index contributed by atoms with van der Waals surface area (Å²) in [6, 6.07) is 10.9. The minimum absolute atomic E-state index is 0.131. The van der Waals surface area contributed by atoms with Crippen molar-refractivity contribution in [2.75, 3.05) is 13.2 Å². The molecule has 3 aliphatic rings. The Kier molecular flexibility index (Phi) is 2.43. The molecule has 0 radical (unpaired) electrons. The molecule has 3 atom stereocenters. The Bertz CT molecular complexity index is 672. The molecule has 2 aromatic rings. The quantitative estimate of drug-likeness (QED) is 0.834. The van der Waals surface area contributed by atoms with Crippen LogP contribution in [0.4, 0.5) is 0 Å². The van der Waals surface area contributed by atoms with Crippen LogP contribution in [0.5, 0.6) is 0 Å². The van der Waals surface area contributed by atoms with Crippen molar-refractivity contribution in [2.45, 2.75) is 37.0 Å². The van der Waals surface area contributed by atoms with Crippen LogP contribution in [0.25, 0.3) is 0 Å². The van der Waals surface area contributed by atoms with E-state index in [1.807, 2.05) is 6.26 Å². The SMILES string of the molecule is c1ccc(C2C3COCC32c2occ3c2CCCC3)cc1. The predicted octanol–water partition coefficient (Wildman–Crippen LogP) is 3.84. The molecule has 2 heteroatoms. The van der Waals surface area contributed by atoms with Gasteiger partial charge in [-0.1, -0.05) is 30.3 Å². The van der Waals surface area contributed by atoms with Crippen molar-refractivity contribution in [1.29, 1.82) is 0 Å². The molecule has 2 nitrogen and oxygen atoms in total. The van der Waals surface area contributed by atoms with Gasteiger partial charge in [0.05, 0.1) is 24.9 Å². The van der Waals surface area contributed by atoms with Crippen LogP contribution in [0.3, 0.4) is 0 Å². The molecule has 1 aliphatic heterocycles. The summed E-state index contributed by atoms with van der Waals surface area (Å²) in [6.45, 7) is 1.71. The molecule has 1 aromatic heterocycles. The zero-order valence-corrected chi connectivity index (χ0v) is 12.2. The van der Waals surface area contributed by atoms with Crippen molar-refractivity contribution in [3.63, 3.8) is 0 Å². The summed E-state index contributed by atoms with van der Waals surface area (Å²) in [5.74, 6) is 2.45. The molecular formula is C19H20O2. The lowest BCUT2D eigenvalue weighted by atomic mass is 9.87. The van der Waals surface area contributed by atoms with Crippen LogP contribution in [-0.2, 0) is 23.0 Å². The highest BCUT2D eigenvalue weighted by Gasteiger charge is 2.71. The highest BCUT2D eigenvalue weighted by Crippen LogP contribution is 2.69. The second-order valence-electron chi connectivity index (χ2n) is 6.83. The summed E-state index contributed by atoms with van der Waals surface area (Å²) in [6.07, 6.45) is 7.01. The van der Waals surface area contributed by atoms with Crippen molar-refractivity contribution in [1.82, 2.24) is 0 Å². The Morgan fingerprint density at radius 3 is 2.81 bits per heavy atom. The van der Waals surface area contributed by atoms with Crippen molar-refractivity contribution < 1.29 is 9.15 Å². The first kappa shape index (κ1) is 12.0. The Hall–Kier alpha value is -1.54. The molecule has 2 heterocycles. The van der Waals surface area contributed by atoms with E-state index in [4.69, 9.17) is 9.15 Å². The van der Waals surface area contributed by atoms with E-state index < -0.39 is 0 Å². The number of aryl methyl sites for hydroxylation is 1. The third kappa shape index (κ3) is 1.51. The molecule has 0 N–H and O–H groups in total. The van der Waals surface area contributed by atoms with Gasteiger partial charge in [0.25, 0.3) is 0 Å². The third-order valence-corrected chi connectivity index (χ3v) is 5.83. The second kappa shape index (κ2) is 4.23. The summed E-state index contributed by atoms with van der Waals surface area (Å²) in [4.78, 5) is 0. The molecule has 1 saturated carbocycles. The van der Waals surface area contributed by atoms with Crippen molar-refractivity contribution >= 4 is 0 Å². The van der Waals surface area contributed by atoms with Crippen LogP contribution in [-0.4, -0.2) is 13.2 Å². The van der Waals surface area contributed by atoms with E-state index in [9.17, 15) is 0 Å². The number of hydrogen-bond donors (Lipinski definition) is 0. The van der Waals surface area contributed by atoms with Gasteiger partial charge in [0.1, 0.15) is 5.76 Å². The first-order valence-corrected chi connectivity index (χ1v) is 8.13. The average molecular weight is 280 g/mol. The first-order valence-electron chi connectivity index (χ1n) is 8.13. The molecule has 1 aromatic carbocycles. The Morgan fingerprint density at radius 1 is 1.05 bits per heavy atom. The van der Waals surface area contributed by atoms with E-state index in [0.29, 0.717) is 11.8 Å². The topological polar surface area (TPSA) is 22.4 Å². The lowest BCUT2D eigenvalue weighted by Gasteiger charge is -2.17. The Balaban J connectivity index is 1.60. The van der Waals surface area contributed by atoms with Crippen LogP contribution >= 0.6 is 0 Å².